The summed E-state index contributed by atoms with van der Waals surface area (Å²) < 4.78 is 62.0. The lowest BCUT2D eigenvalue weighted by Crippen LogP contribution is -2.45. The molecule has 2 aliphatic rings. The van der Waals surface area contributed by atoms with Gasteiger partial charge in [0.2, 0.25) is 0 Å². The summed E-state index contributed by atoms with van der Waals surface area (Å²) in [5.74, 6) is 0.780. The molecule has 0 spiro atoms. The van der Waals surface area contributed by atoms with Crippen molar-refractivity contribution in [2.24, 2.45) is 0 Å². The van der Waals surface area contributed by atoms with Crippen LogP contribution in [0.15, 0.2) is 29.2 Å². The normalized spacial score (nSPS) is 20.0. The van der Waals surface area contributed by atoms with Crippen LogP contribution < -0.4 is 15.8 Å². The van der Waals surface area contributed by atoms with Crippen molar-refractivity contribution in [2.45, 2.75) is 64.4 Å². The molecule has 1 saturated carbocycles. The second-order valence-electron chi connectivity index (χ2n) is 10.4. The summed E-state index contributed by atoms with van der Waals surface area (Å²) in [7, 11) is 0. The summed E-state index contributed by atoms with van der Waals surface area (Å²) >= 11 is 0. The first-order valence-electron chi connectivity index (χ1n) is 12.8. The zero-order valence-electron chi connectivity index (χ0n) is 21.8. The third-order valence-electron chi connectivity index (χ3n) is 7.61. The van der Waals surface area contributed by atoms with Crippen LogP contribution in [0, 0.1) is 13.8 Å². The fourth-order valence-electron chi connectivity index (χ4n) is 5.35. The van der Waals surface area contributed by atoms with Crippen LogP contribution in [0.3, 0.4) is 0 Å². The number of rotatable bonds is 6. The van der Waals surface area contributed by atoms with Gasteiger partial charge in [0.05, 0.1) is 35.2 Å². The standard InChI is InChI=1S/C27H31F4N5O2/c1-15-12-35(10-11-38-15)23-22-20(13-36(25(23)37)26(14-28)8-9-26)24(34-18(4)33-22)32-17(3)19-6-5-7-21(16(19)2)27(29,30)31/h5-7,13,15,17H,8-12,14H2,1-4H3,(H,32,33,34)/t15-,17-/m1/s1. The molecule has 3 heterocycles. The molecule has 38 heavy (non-hydrogen) atoms. The number of anilines is 2. The van der Waals surface area contributed by atoms with E-state index in [1.54, 1.807) is 26.1 Å². The topological polar surface area (TPSA) is 72.3 Å². The van der Waals surface area contributed by atoms with Crippen molar-refractivity contribution in [3.63, 3.8) is 0 Å². The Kier molecular flexibility index (Phi) is 6.61. The molecule has 0 unspecified atom stereocenters. The third-order valence-corrected chi connectivity index (χ3v) is 7.61. The van der Waals surface area contributed by atoms with Crippen molar-refractivity contribution >= 4 is 22.4 Å². The molecular weight excluding hydrogens is 502 g/mol. The van der Waals surface area contributed by atoms with E-state index >= 15 is 0 Å². The number of morpholine rings is 1. The Hall–Kier alpha value is -3.21. The molecular formula is C27H31F4N5O2. The van der Waals surface area contributed by atoms with Gasteiger partial charge in [-0.3, -0.25) is 4.79 Å². The Balaban J connectivity index is 1.67. The minimum Gasteiger partial charge on any atom is -0.375 e. The molecule has 0 bridgehead atoms. The van der Waals surface area contributed by atoms with Crippen LogP contribution in [-0.4, -0.2) is 47.0 Å². The molecule has 204 valence electrons. The Bertz CT molecular complexity index is 1430. The van der Waals surface area contributed by atoms with Gasteiger partial charge in [-0.25, -0.2) is 14.4 Å². The van der Waals surface area contributed by atoms with Crippen LogP contribution in [0.4, 0.5) is 29.1 Å². The molecule has 7 nitrogen and oxygen atoms in total. The van der Waals surface area contributed by atoms with E-state index in [2.05, 4.69) is 15.3 Å². The van der Waals surface area contributed by atoms with E-state index in [0.717, 1.165) is 6.07 Å². The van der Waals surface area contributed by atoms with Gasteiger partial charge < -0.3 is 19.5 Å². The molecule has 2 atom stereocenters. The lowest BCUT2D eigenvalue weighted by atomic mass is 9.97. The summed E-state index contributed by atoms with van der Waals surface area (Å²) in [6, 6.07) is 3.56. The van der Waals surface area contributed by atoms with E-state index in [1.165, 1.54) is 17.6 Å². The number of hydrogen-bond acceptors (Lipinski definition) is 6. The van der Waals surface area contributed by atoms with E-state index in [4.69, 9.17) is 4.74 Å². The summed E-state index contributed by atoms with van der Waals surface area (Å²) in [6.45, 7) is 7.55. The molecule has 1 N–H and O–H groups in total. The SMILES string of the molecule is Cc1nc(N[C@H](C)c2cccc(C(F)(F)F)c2C)c2cn(C3(CF)CC3)c(=O)c(N3CCO[C@H](C)C3)c2n1. The van der Waals surface area contributed by atoms with Gasteiger partial charge in [0.15, 0.2) is 0 Å². The highest BCUT2D eigenvalue weighted by molar-refractivity contribution is 5.97. The number of benzene rings is 1. The van der Waals surface area contributed by atoms with Gasteiger partial charge in [-0.15, -0.1) is 0 Å². The monoisotopic (exact) mass is 533 g/mol. The van der Waals surface area contributed by atoms with Gasteiger partial charge in [0.1, 0.15) is 29.5 Å². The van der Waals surface area contributed by atoms with Crippen molar-refractivity contribution < 1.29 is 22.3 Å². The first kappa shape index (κ1) is 26.4. The molecule has 1 aliphatic heterocycles. The highest BCUT2D eigenvalue weighted by Gasteiger charge is 2.46. The fourth-order valence-corrected chi connectivity index (χ4v) is 5.35. The predicted octanol–water partition coefficient (Wildman–Crippen LogP) is 5.28. The van der Waals surface area contributed by atoms with Crippen LogP contribution in [0.2, 0.25) is 0 Å². The highest BCUT2D eigenvalue weighted by Crippen LogP contribution is 2.44. The largest absolute Gasteiger partial charge is 0.416 e. The highest BCUT2D eigenvalue weighted by atomic mass is 19.4. The molecule has 3 aromatic rings. The minimum atomic E-state index is -4.47. The van der Waals surface area contributed by atoms with Crippen molar-refractivity contribution in [3.05, 3.63) is 57.3 Å². The Labute approximate surface area is 217 Å². The van der Waals surface area contributed by atoms with E-state index in [0.29, 0.717) is 66.3 Å². The first-order valence-corrected chi connectivity index (χ1v) is 12.8. The number of alkyl halides is 4. The molecule has 2 fully saturated rings. The van der Waals surface area contributed by atoms with Crippen molar-refractivity contribution in [1.82, 2.24) is 14.5 Å². The summed E-state index contributed by atoms with van der Waals surface area (Å²) in [6.07, 6.45) is -1.88. The van der Waals surface area contributed by atoms with Gasteiger partial charge >= 0.3 is 6.18 Å². The number of nitrogens with zero attached hydrogens (tertiary/aromatic N) is 4. The average molecular weight is 534 g/mol. The summed E-state index contributed by atoms with van der Waals surface area (Å²) in [5.41, 5.74) is -0.502. The molecule has 2 aromatic heterocycles. The van der Waals surface area contributed by atoms with Crippen LogP contribution in [0.5, 0.6) is 0 Å². The molecule has 5 rings (SSSR count). The maximum Gasteiger partial charge on any atom is 0.416 e. The Morgan fingerprint density at radius 2 is 1.97 bits per heavy atom. The molecule has 0 amide bonds. The minimum absolute atomic E-state index is 0.104. The van der Waals surface area contributed by atoms with Crippen molar-refractivity contribution in [1.29, 1.82) is 0 Å². The number of fused-ring (bicyclic) bond motifs is 1. The zero-order valence-corrected chi connectivity index (χ0v) is 21.8. The Morgan fingerprint density at radius 1 is 1.24 bits per heavy atom. The number of aromatic nitrogens is 3. The fraction of sp³-hybridized carbons (Fsp3) is 0.519. The van der Waals surface area contributed by atoms with Crippen molar-refractivity contribution in [2.75, 3.05) is 36.6 Å². The molecule has 0 radical (unpaired) electrons. The molecule has 1 saturated heterocycles. The predicted molar refractivity (Wildman–Crippen MR) is 138 cm³/mol. The maximum atomic E-state index is 14.2. The van der Waals surface area contributed by atoms with Crippen LogP contribution in [0.1, 0.15) is 55.2 Å². The first-order chi connectivity index (χ1) is 17.9. The molecule has 11 heteroatoms. The number of aryl methyl sites for hydroxylation is 1. The number of hydrogen-bond donors (Lipinski definition) is 1. The summed E-state index contributed by atoms with van der Waals surface area (Å²) in [5, 5.41) is 3.78. The quantitative estimate of drug-likeness (QED) is 0.435. The lowest BCUT2D eigenvalue weighted by molar-refractivity contribution is -0.138. The maximum absolute atomic E-state index is 14.2. The van der Waals surface area contributed by atoms with Crippen LogP contribution in [-0.2, 0) is 16.5 Å². The third kappa shape index (κ3) is 4.61. The number of halogens is 4. The van der Waals surface area contributed by atoms with Gasteiger partial charge in [0.25, 0.3) is 5.56 Å². The average Bonchev–Trinajstić information content (AvgIpc) is 3.64. The van der Waals surface area contributed by atoms with Gasteiger partial charge in [-0.05, 0) is 57.7 Å². The zero-order chi connectivity index (χ0) is 27.4. The van der Waals surface area contributed by atoms with E-state index in [9.17, 15) is 22.4 Å². The van der Waals surface area contributed by atoms with Crippen LogP contribution >= 0.6 is 0 Å². The van der Waals surface area contributed by atoms with Crippen LogP contribution in [0.25, 0.3) is 10.9 Å². The smallest absolute Gasteiger partial charge is 0.375 e. The lowest BCUT2D eigenvalue weighted by Gasteiger charge is -2.33. The number of ether oxygens (including phenoxy) is 1. The molecule has 1 aromatic carbocycles. The second kappa shape index (κ2) is 9.52. The van der Waals surface area contributed by atoms with E-state index in [-0.39, 0.29) is 17.2 Å². The second-order valence-corrected chi connectivity index (χ2v) is 10.4. The number of nitrogens with one attached hydrogen (secondary N) is 1. The van der Waals surface area contributed by atoms with E-state index in [1.807, 2.05) is 11.8 Å². The van der Waals surface area contributed by atoms with Gasteiger partial charge in [0, 0.05) is 19.3 Å². The van der Waals surface area contributed by atoms with Gasteiger partial charge in [-0.2, -0.15) is 13.2 Å². The Morgan fingerprint density at radius 3 is 2.61 bits per heavy atom. The summed E-state index contributed by atoms with van der Waals surface area (Å²) in [4.78, 5) is 24.9. The number of pyridine rings is 1. The molecule has 1 aliphatic carbocycles. The van der Waals surface area contributed by atoms with E-state index < -0.39 is 30.0 Å². The van der Waals surface area contributed by atoms with Gasteiger partial charge in [-0.1, -0.05) is 12.1 Å². The van der Waals surface area contributed by atoms with Crippen molar-refractivity contribution in [3.8, 4) is 0 Å².